The van der Waals surface area contributed by atoms with Gasteiger partial charge in [-0.2, -0.15) is 0 Å². The number of hydrogen-bond acceptors (Lipinski definition) is 3. The van der Waals surface area contributed by atoms with Gasteiger partial charge >= 0.3 is 0 Å². The maximum absolute atomic E-state index is 11.2. The Kier molecular flexibility index (Phi) is 3.10. The average Bonchev–Trinajstić information content (AvgIpc) is 2.66. The molecule has 1 aromatic rings. The molecular formula is C12H17N3O. The zero-order chi connectivity index (χ0) is 11.5. The van der Waals surface area contributed by atoms with Gasteiger partial charge in [-0.05, 0) is 37.1 Å². The smallest absolute Gasteiger partial charge is 0.234 e. The van der Waals surface area contributed by atoms with Crippen molar-refractivity contribution in [3.8, 4) is 0 Å². The standard InChI is InChI=1S/C12H17N3O/c13-10-4-1-3-9(7-10)8-15-6-2-5-11(15)12(14)16/h1,3-4,7,11H,2,5-6,8,13H2,(H2,14,16)/t11-/m1/s1. The van der Waals surface area contributed by atoms with Gasteiger partial charge in [0.2, 0.25) is 5.91 Å². The molecule has 0 aromatic heterocycles. The lowest BCUT2D eigenvalue weighted by atomic mass is 10.1. The van der Waals surface area contributed by atoms with Crippen LogP contribution in [0.2, 0.25) is 0 Å². The van der Waals surface area contributed by atoms with Crippen LogP contribution in [0, 0.1) is 0 Å². The number of carbonyl (C=O) groups is 1. The molecule has 1 fully saturated rings. The van der Waals surface area contributed by atoms with Crippen molar-refractivity contribution in [3.63, 3.8) is 0 Å². The van der Waals surface area contributed by atoms with Gasteiger partial charge in [0.05, 0.1) is 6.04 Å². The van der Waals surface area contributed by atoms with Crippen molar-refractivity contribution in [3.05, 3.63) is 29.8 Å². The van der Waals surface area contributed by atoms with E-state index in [9.17, 15) is 4.79 Å². The van der Waals surface area contributed by atoms with Gasteiger partial charge in [0, 0.05) is 12.2 Å². The lowest BCUT2D eigenvalue weighted by molar-refractivity contribution is -0.122. The summed E-state index contributed by atoms with van der Waals surface area (Å²) in [6.07, 6.45) is 1.91. The molecule has 1 aliphatic rings. The molecule has 4 N–H and O–H groups in total. The van der Waals surface area contributed by atoms with E-state index in [1.54, 1.807) is 0 Å². The van der Waals surface area contributed by atoms with Gasteiger partial charge in [0.25, 0.3) is 0 Å². The summed E-state index contributed by atoms with van der Waals surface area (Å²) in [4.78, 5) is 13.3. The Labute approximate surface area is 95.2 Å². The lowest BCUT2D eigenvalue weighted by Crippen LogP contribution is -2.39. The maximum atomic E-state index is 11.2. The van der Waals surface area contributed by atoms with Crippen LogP contribution >= 0.6 is 0 Å². The fourth-order valence-corrected chi connectivity index (χ4v) is 2.26. The highest BCUT2D eigenvalue weighted by atomic mass is 16.1. The Morgan fingerprint density at radius 2 is 2.31 bits per heavy atom. The van der Waals surface area contributed by atoms with Crippen LogP contribution < -0.4 is 11.5 Å². The van der Waals surface area contributed by atoms with E-state index in [1.807, 2.05) is 24.3 Å². The average molecular weight is 219 g/mol. The first-order valence-electron chi connectivity index (χ1n) is 5.54. The van der Waals surface area contributed by atoms with Crippen molar-refractivity contribution in [2.24, 2.45) is 5.73 Å². The molecule has 1 aliphatic heterocycles. The molecule has 0 aliphatic carbocycles. The van der Waals surface area contributed by atoms with Crippen LogP contribution in [0.1, 0.15) is 18.4 Å². The fourth-order valence-electron chi connectivity index (χ4n) is 2.26. The minimum Gasteiger partial charge on any atom is -0.399 e. The number of rotatable bonds is 3. The van der Waals surface area contributed by atoms with Crippen LogP contribution in [0.3, 0.4) is 0 Å². The predicted octanol–water partition coefficient (Wildman–Crippen LogP) is 0.718. The third kappa shape index (κ3) is 2.33. The second-order valence-corrected chi connectivity index (χ2v) is 4.28. The second-order valence-electron chi connectivity index (χ2n) is 4.28. The summed E-state index contributed by atoms with van der Waals surface area (Å²) in [6, 6.07) is 7.64. The molecule has 2 rings (SSSR count). The lowest BCUT2D eigenvalue weighted by Gasteiger charge is -2.21. The number of likely N-dealkylation sites (tertiary alicyclic amines) is 1. The molecule has 1 saturated heterocycles. The summed E-state index contributed by atoms with van der Waals surface area (Å²) < 4.78 is 0. The monoisotopic (exact) mass is 219 g/mol. The van der Waals surface area contributed by atoms with Crippen LogP contribution in [0.4, 0.5) is 5.69 Å². The Hall–Kier alpha value is -1.55. The molecule has 1 aromatic carbocycles. The first-order chi connectivity index (χ1) is 7.66. The number of amides is 1. The Morgan fingerprint density at radius 1 is 1.50 bits per heavy atom. The van der Waals surface area contributed by atoms with Gasteiger partial charge in [0.1, 0.15) is 0 Å². The van der Waals surface area contributed by atoms with E-state index in [4.69, 9.17) is 11.5 Å². The summed E-state index contributed by atoms with van der Waals surface area (Å²) in [5.74, 6) is -0.221. The predicted molar refractivity (Wildman–Crippen MR) is 63.5 cm³/mol. The van der Waals surface area contributed by atoms with Crippen molar-refractivity contribution in [2.75, 3.05) is 12.3 Å². The van der Waals surface area contributed by atoms with Gasteiger partial charge in [-0.3, -0.25) is 9.69 Å². The molecule has 4 nitrogen and oxygen atoms in total. The van der Waals surface area contributed by atoms with E-state index in [0.29, 0.717) is 0 Å². The number of benzene rings is 1. The Bertz CT molecular complexity index is 392. The van der Waals surface area contributed by atoms with Gasteiger partial charge < -0.3 is 11.5 Å². The van der Waals surface area contributed by atoms with Crippen molar-refractivity contribution >= 4 is 11.6 Å². The van der Waals surface area contributed by atoms with E-state index >= 15 is 0 Å². The van der Waals surface area contributed by atoms with E-state index in [1.165, 1.54) is 0 Å². The molecule has 0 bridgehead atoms. The van der Waals surface area contributed by atoms with E-state index in [-0.39, 0.29) is 11.9 Å². The number of nitrogens with two attached hydrogens (primary N) is 2. The van der Waals surface area contributed by atoms with Crippen molar-refractivity contribution in [2.45, 2.75) is 25.4 Å². The third-order valence-electron chi connectivity index (χ3n) is 3.03. The zero-order valence-electron chi connectivity index (χ0n) is 9.23. The van der Waals surface area contributed by atoms with E-state index < -0.39 is 0 Å². The fraction of sp³-hybridized carbons (Fsp3) is 0.417. The summed E-state index contributed by atoms with van der Waals surface area (Å²) in [5, 5.41) is 0. The van der Waals surface area contributed by atoms with E-state index in [0.717, 1.165) is 37.2 Å². The van der Waals surface area contributed by atoms with Gasteiger partial charge in [-0.15, -0.1) is 0 Å². The molecule has 1 amide bonds. The summed E-state index contributed by atoms with van der Waals surface area (Å²) >= 11 is 0. The summed E-state index contributed by atoms with van der Waals surface area (Å²) in [5.41, 5.74) is 13.0. The number of nitrogens with zero attached hydrogens (tertiary/aromatic N) is 1. The quantitative estimate of drug-likeness (QED) is 0.736. The summed E-state index contributed by atoms with van der Waals surface area (Å²) in [6.45, 7) is 1.68. The first-order valence-corrected chi connectivity index (χ1v) is 5.54. The molecule has 86 valence electrons. The molecule has 0 spiro atoms. The van der Waals surface area contributed by atoms with Crippen LogP contribution in [0.25, 0.3) is 0 Å². The molecule has 0 saturated carbocycles. The van der Waals surface area contributed by atoms with Crippen LogP contribution in [0.15, 0.2) is 24.3 Å². The van der Waals surface area contributed by atoms with Crippen LogP contribution in [-0.2, 0) is 11.3 Å². The number of hydrogen-bond donors (Lipinski definition) is 2. The first kappa shape index (κ1) is 11.0. The van der Waals surface area contributed by atoms with Gasteiger partial charge in [0.15, 0.2) is 0 Å². The van der Waals surface area contributed by atoms with Gasteiger partial charge in [-0.25, -0.2) is 0 Å². The topological polar surface area (TPSA) is 72.4 Å². The largest absolute Gasteiger partial charge is 0.399 e. The summed E-state index contributed by atoms with van der Waals surface area (Å²) in [7, 11) is 0. The van der Waals surface area contributed by atoms with Crippen molar-refractivity contribution in [1.82, 2.24) is 4.90 Å². The number of carbonyl (C=O) groups excluding carboxylic acids is 1. The normalized spacial score (nSPS) is 21.1. The molecular weight excluding hydrogens is 202 g/mol. The zero-order valence-corrected chi connectivity index (χ0v) is 9.23. The van der Waals surface area contributed by atoms with Crippen LogP contribution in [-0.4, -0.2) is 23.4 Å². The maximum Gasteiger partial charge on any atom is 0.234 e. The Morgan fingerprint density at radius 3 is 3.00 bits per heavy atom. The minimum absolute atomic E-state index is 0.110. The van der Waals surface area contributed by atoms with Crippen molar-refractivity contribution < 1.29 is 4.79 Å². The molecule has 1 heterocycles. The Balaban J connectivity index is 2.06. The number of anilines is 1. The number of primary amides is 1. The van der Waals surface area contributed by atoms with E-state index in [2.05, 4.69) is 4.90 Å². The second kappa shape index (κ2) is 4.53. The molecule has 1 atom stereocenters. The molecule has 0 radical (unpaired) electrons. The molecule has 16 heavy (non-hydrogen) atoms. The van der Waals surface area contributed by atoms with Crippen molar-refractivity contribution in [1.29, 1.82) is 0 Å². The molecule has 0 unspecified atom stereocenters. The van der Waals surface area contributed by atoms with Crippen LogP contribution in [0.5, 0.6) is 0 Å². The highest BCUT2D eigenvalue weighted by Crippen LogP contribution is 2.20. The SMILES string of the molecule is NC(=O)[C@H]1CCCN1Cc1cccc(N)c1. The highest BCUT2D eigenvalue weighted by Gasteiger charge is 2.28. The highest BCUT2D eigenvalue weighted by molar-refractivity contribution is 5.80. The number of nitrogen functional groups attached to an aromatic ring is 1. The molecule has 4 heteroatoms. The van der Waals surface area contributed by atoms with Gasteiger partial charge in [-0.1, -0.05) is 12.1 Å². The third-order valence-corrected chi connectivity index (χ3v) is 3.03. The minimum atomic E-state index is -0.221.